The van der Waals surface area contributed by atoms with Crippen LogP contribution in [0, 0.1) is 0 Å². The van der Waals surface area contributed by atoms with Gasteiger partial charge in [-0.05, 0) is 35.9 Å². The van der Waals surface area contributed by atoms with Crippen LogP contribution < -0.4 is 0 Å². The molecule has 0 radical (unpaired) electrons. The van der Waals surface area contributed by atoms with Crippen molar-refractivity contribution in [3.8, 4) is 0 Å². The Hall–Kier alpha value is 0.150. The van der Waals surface area contributed by atoms with Gasteiger partial charge in [-0.3, -0.25) is 0 Å². The van der Waals surface area contributed by atoms with Gasteiger partial charge in [0.05, 0.1) is 0 Å². The predicted molar refractivity (Wildman–Crippen MR) is 54.0 cm³/mol. The van der Waals surface area contributed by atoms with Crippen molar-refractivity contribution < 1.29 is 0 Å². The molecule has 0 aliphatic heterocycles. The molecule has 0 saturated carbocycles. The molecule has 0 unspecified atom stereocenters. The zero-order valence-electron chi connectivity index (χ0n) is 5.85. The number of aryl methyl sites for hydroxylation is 1. The molecule has 0 atom stereocenters. The number of halogens is 2. The highest BCUT2D eigenvalue weighted by atomic mass is 35.5. The lowest BCUT2D eigenvalue weighted by molar-refractivity contribution is 1.16. The van der Waals surface area contributed by atoms with Gasteiger partial charge in [-0.15, -0.1) is 0 Å². The fourth-order valence-electron chi connectivity index (χ4n) is 0.855. The maximum Gasteiger partial charge on any atom is 0.0439 e. The zero-order chi connectivity index (χ0) is 8.27. The molecule has 0 heterocycles. The summed E-state index contributed by atoms with van der Waals surface area (Å²) in [5.41, 5.74) is 1.06. The highest BCUT2D eigenvalue weighted by molar-refractivity contribution is 7.80. The average molecular weight is 207 g/mol. The summed E-state index contributed by atoms with van der Waals surface area (Å²) in [7, 11) is 0. The van der Waals surface area contributed by atoms with E-state index in [9.17, 15) is 0 Å². The summed E-state index contributed by atoms with van der Waals surface area (Å²) in [4.78, 5) is 0. The quantitative estimate of drug-likeness (QED) is 0.705. The van der Waals surface area contributed by atoms with E-state index in [0.29, 0.717) is 0 Å². The highest BCUT2D eigenvalue weighted by Gasteiger charge is 1.98. The monoisotopic (exact) mass is 206 g/mol. The van der Waals surface area contributed by atoms with Gasteiger partial charge < -0.3 is 0 Å². The molecule has 60 valence electrons. The summed E-state index contributed by atoms with van der Waals surface area (Å²) in [6, 6.07) is 5.47. The van der Waals surface area contributed by atoms with E-state index >= 15 is 0 Å². The summed E-state index contributed by atoms with van der Waals surface area (Å²) in [5, 5.41) is 1.50. The van der Waals surface area contributed by atoms with Crippen molar-refractivity contribution in [2.24, 2.45) is 0 Å². The molecule has 0 nitrogen and oxygen atoms in total. The smallest absolute Gasteiger partial charge is 0.0439 e. The van der Waals surface area contributed by atoms with Crippen LogP contribution in [0.5, 0.6) is 0 Å². The minimum absolute atomic E-state index is 0.728. The Morgan fingerprint density at radius 2 is 2.00 bits per heavy atom. The van der Waals surface area contributed by atoms with Crippen LogP contribution in [-0.4, -0.2) is 5.75 Å². The molecular weight excluding hydrogens is 199 g/mol. The van der Waals surface area contributed by atoms with Crippen molar-refractivity contribution in [3.63, 3.8) is 0 Å². The van der Waals surface area contributed by atoms with Crippen LogP contribution in [0.25, 0.3) is 0 Å². The molecular formula is C8H8Cl2S. The summed E-state index contributed by atoms with van der Waals surface area (Å²) in [6.07, 6.45) is 0.864. The van der Waals surface area contributed by atoms with Crippen LogP contribution in [-0.2, 0) is 6.42 Å². The maximum absolute atomic E-state index is 5.88. The predicted octanol–water partition coefficient (Wildman–Crippen LogP) is 3.47. The van der Waals surface area contributed by atoms with Gasteiger partial charge in [-0.2, -0.15) is 12.6 Å². The second-order valence-electron chi connectivity index (χ2n) is 2.21. The van der Waals surface area contributed by atoms with E-state index in [2.05, 4.69) is 12.6 Å². The number of hydrogen-bond acceptors (Lipinski definition) is 1. The Morgan fingerprint density at radius 1 is 1.27 bits per heavy atom. The molecule has 0 amide bonds. The third-order valence-corrected chi connectivity index (χ3v) is 2.22. The summed E-state index contributed by atoms with van der Waals surface area (Å²) >= 11 is 15.8. The molecule has 0 spiro atoms. The minimum Gasteiger partial charge on any atom is -0.179 e. The van der Waals surface area contributed by atoms with Crippen molar-refractivity contribution >= 4 is 35.8 Å². The Balaban J connectivity index is 2.93. The second-order valence-corrected chi connectivity index (χ2v) is 3.50. The largest absolute Gasteiger partial charge is 0.179 e. The lowest BCUT2D eigenvalue weighted by Gasteiger charge is -2.01. The van der Waals surface area contributed by atoms with Gasteiger partial charge in [0.25, 0.3) is 0 Å². The molecule has 1 rings (SSSR count). The normalized spacial score (nSPS) is 10.1. The van der Waals surface area contributed by atoms with Crippen molar-refractivity contribution in [2.45, 2.75) is 6.42 Å². The van der Waals surface area contributed by atoms with E-state index in [0.717, 1.165) is 27.8 Å². The third kappa shape index (κ3) is 2.58. The van der Waals surface area contributed by atoms with Gasteiger partial charge in [0, 0.05) is 10.0 Å². The highest BCUT2D eigenvalue weighted by Crippen LogP contribution is 2.20. The molecule has 0 aromatic heterocycles. The van der Waals surface area contributed by atoms with Crippen LogP contribution in [0.1, 0.15) is 5.56 Å². The fraction of sp³-hybridized carbons (Fsp3) is 0.250. The van der Waals surface area contributed by atoms with Crippen LogP contribution in [0.4, 0.5) is 0 Å². The summed E-state index contributed by atoms with van der Waals surface area (Å²) < 4.78 is 0. The fourth-order valence-corrected chi connectivity index (χ4v) is 1.50. The van der Waals surface area contributed by atoms with Gasteiger partial charge in [-0.1, -0.05) is 23.2 Å². The molecule has 1 aromatic rings. The topological polar surface area (TPSA) is 0 Å². The number of benzene rings is 1. The number of hydrogen-bond donors (Lipinski definition) is 1. The van der Waals surface area contributed by atoms with Gasteiger partial charge in [0.15, 0.2) is 0 Å². The average Bonchev–Trinajstić information content (AvgIpc) is 1.98. The first-order valence-electron chi connectivity index (χ1n) is 3.29. The van der Waals surface area contributed by atoms with E-state index in [1.807, 2.05) is 12.1 Å². The van der Waals surface area contributed by atoms with Crippen LogP contribution in [0.3, 0.4) is 0 Å². The number of thiol groups is 1. The standard InChI is InChI=1S/C8H8Cl2S/c9-7-1-2-8(10)6(5-7)3-4-11/h1-2,5,11H,3-4H2. The molecule has 0 aliphatic rings. The first kappa shape index (κ1) is 9.24. The Morgan fingerprint density at radius 3 is 2.64 bits per heavy atom. The van der Waals surface area contributed by atoms with Crippen LogP contribution >= 0.6 is 35.8 Å². The van der Waals surface area contributed by atoms with Crippen molar-refractivity contribution in [3.05, 3.63) is 33.8 Å². The lowest BCUT2D eigenvalue weighted by atomic mass is 10.2. The first-order chi connectivity index (χ1) is 5.24. The van der Waals surface area contributed by atoms with E-state index in [1.165, 1.54) is 0 Å². The van der Waals surface area contributed by atoms with E-state index in [1.54, 1.807) is 6.07 Å². The van der Waals surface area contributed by atoms with Crippen molar-refractivity contribution in [1.82, 2.24) is 0 Å². The zero-order valence-corrected chi connectivity index (χ0v) is 8.26. The molecule has 1 aromatic carbocycles. The molecule has 0 N–H and O–H groups in total. The Bertz CT molecular complexity index is 248. The van der Waals surface area contributed by atoms with Crippen LogP contribution in [0.15, 0.2) is 18.2 Å². The van der Waals surface area contributed by atoms with Gasteiger partial charge in [0.2, 0.25) is 0 Å². The van der Waals surface area contributed by atoms with Gasteiger partial charge in [0.1, 0.15) is 0 Å². The lowest BCUT2D eigenvalue weighted by Crippen LogP contribution is -1.86. The minimum atomic E-state index is 0.728. The molecule has 0 aliphatic carbocycles. The van der Waals surface area contributed by atoms with Gasteiger partial charge in [-0.25, -0.2) is 0 Å². The maximum atomic E-state index is 5.88. The molecule has 11 heavy (non-hydrogen) atoms. The summed E-state index contributed by atoms with van der Waals surface area (Å²) in [6.45, 7) is 0. The Labute approximate surface area is 81.9 Å². The van der Waals surface area contributed by atoms with E-state index in [4.69, 9.17) is 23.2 Å². The Kier molecular flexibility index (Phi) is 3.57. The molecule has 3 heteroatoms. The van der Waals surface area contributed by atoms with Gasteiger partial charge >= 0.3 is 0 Å². The molecule has 0 bridgehead atoms. The second kappa shape index (κ2) is 4.24. The van der Waals surface area contributed by atoms with E-state index < -0.39 is 0 Å². The van der Waals surface area contributed by atoms with E-state index in [-0.39, 0.29) is 0 Å². The molecule has 0 fully saturated rings. The number of rotatable bonds is 2. The third-order valence-electron chi connectivity index (χ3n) is 1.39. The van der Waals surface area contributed by atoms with Crippen molar-refractivity contribution in [1.29, 1.82) is 0 Å². The van der Waals surface area contributed by atoms with Crippen LogP contribution in [0.2, 0.25) is 10.0 Å². The van der Waals surface area contributed by atoms with Crippen molar-refractivity contribution in [2.75, 3.05) is 5.75 Å². The SMILES string of the molecule is SCCc1cc(Cl)ccc1Cl. The summed E-state index contributed by atoms with van der Waals surface area (Å²) in [5.74, 6) is 0.792. The molecule has 0 saturated heterocycles. The first-order valence-corrected chi connectivity index (χ1v) is 4.67.